The first-order valence-electron chi connectivity index (χ1n) is 22.4. The van der Waals surface area contributed by atoms with E-state index < -0.39 is 89.2 Å². The normalized spacial score (nSPS) is 13.5. The van der Waals surface area contributed by atoms with Crippen LogP contribution in [-0.2, 0) is 57.3 Å². The fourth-order valence-electron chi connectivity index (χ4n) is 6.23. The van der Waals surface area contributed by atoms with Crippen molar-refractivity contribution in [2.24, 2.45) is 5.41 Å². The molecule has 0 aromatic carbocycles. The van der Waals surface area contributed by atoms with Crippen molar-refractivity contribution in [3.63, 3.8) is 0 Å². The Hall–Kier alpha value is -4.16. The number of ether oxygens (including phenoxy) is 4. The maximum atomic E-state index is 14.1. The van der Waals surface area contributed by atoms with Crippen molar-refractivity contribution in [3.05, 3.63) is 0 Å². The number of nitrogens with one attached hydrogen (secondary N) is 3. The molecular formula is C46H84N6O12. The largest absolute Gasteiger partial charge is 0.459 e. The third-order valence-corrected chi connectivity index (χ3v) is 8.56. The lowest BCUT2D eigenvalue weighted by molar-refractivity contribution is -0.164. The van der Waals surface area contributed by atoms with Crippen LogP contribution in [0.25, 0.3) is 0 Å². The van der Waals surface area contributed by atoms with Crippen LogP contribution >= 0.6 is 0 Å². The Labute approximate surface area is 383 Å². The van der Waals surface area contributed by atoms with Gasteiger partial charge in [-0.25, -0.2) is 0 Å². The van der Waals surface area contributed by atoms with Gasteiger partial charge in [0.15, 0.2) is 5.78 Å². The summed E-state index contributed by atoms with van der Waals surface area (Å²) in [4.78, 5) is 109. The van der Waals surface area contributed by atoms with E-state index in [1.165, 1.54) is 0 Å². The molecule has 3 N–H and O–H groups in total. The zero-order valence-electron chi connectivity index (χ0n) is 42.3. The summed E-state index contributed by atoms with van der Waals surface area (Å²) in [6.45, 7) is 30.2. The van der Waals surface area contributed by atoms with Gasteiger partial charge in [0.2, 0.25) is 17.7 Å². The molecule has 0 aliphatic carbocycles. The van der Waals surface area contributed by atoms with Crippen LogP contribution in [0, 0.1) is 5.41 Å². The van der Waals surface area contributed by atoms with Gasteiger partial charge in [-0.05, 0) is 101 Å². The fraction of sp³-hybridized carbons (Fsp3) is 0.826. The molecule has 0 aliphatic rings. The molecule has 3 amide bonds. The summed E-state index contributed by atoms with van der Waals surface area (Å²) in [5.74, 6) is -4.05. The van der Waals surface area contributed by atoms with E-state index in [0.717, 1.165) is 0 Å². The van der Waals surface area contributed by atoms with Gasteiger partial charge in [-0.15, -0.1) is 0 Å². The quantitative estimate of drug-likeness (QED) is 0.0835. The summed E-state index contributed by atoms with van der Waals surface area (Å²) >= 11 is 0. The first-order valence-corrected chi connectivity index (χ1v) is 22.4. The van der Waals surface area contributed by atoms with Gasteiger partial charge in [-0.3, -0.25) is 53.1 Å². The Morgan fingerprint density at radius 1 is 0.516 bits per heavy atom. The van der Waals surface area contributed by atoms with E-state index in [-0.39, 0.29) is 76.3 Å². The number of carbonyl (C=O) groups is 8. The van der Waals surface area contributed by atoms with Gasteiger partial charge in [0.25, 0.3) is 0 Å². The molecule has 18 heteroatoms. The predicted molar refractivity (Wildman–Crippen MR) is 244 cm³/mol. The predicted octanol–water partition coefficient (Wildman–Crippen LogP) is 3.56. The van der Waals surface area contributed by atoms with Crippen LogP contribution in [0.15, 0.2) is 0 Å². The van der Waals surface area contributed by atoms with Crippen LogP contribution in [0.4, 0.5) is 0 Å². The Balaban J connectivity index is 6.70. The fourth-order valence-corrected chi connectivity index (χ4v) is 6.23. The van der Waals surface area contributed by atoms with E-state index in [9.17, 15) is 38.4 Å². The summed E-state index contributed by atoms with van der Waals surface area (Å²) in [5, 5.41) is 7.56. The highest BCUT2D eigenvalue weighted by Gasteiger charge is 2.33. The maximum Gasteiger partial charge on any atom is 0.323 e. The Kier molecular flexibility index (Phi) is 25.0. The Morgan fingerprint density at radius 2 is 0.922 bits per heavy atom. The van der Waals surface area contributed by atoms with Crippen molar-refractivity contribution in [1.29, 1.82) is 0 Å². The molecule has 0 aliphatic heterocycles. The van der Waals surface area contributed by atoms with Gasteiger partial charge >= 0.3 is 23.9 Å². The first-order chi connectivity index (χ1) is 29.0. The average Bonchev–Trinajstić information content (AvgIpc) is 3.08. The minimum absolute atomic E-state index is 0.0366. The summed E-state index contributed by atoms with van der Waals surface area (Å²) in [5.41, 5.74) is -3.46. The monoisotopic (exact) mass is 913 g/mol. The zero-order chi connectivity index (χ0) is 49.9. The SMILES string of the molecule is CCC(=O)C(CC)NC(=O)CNC(=O)CNC(=O)CC[C@@H](C(=O)OC(C)(C)C)N(CCN(CC(=O)OC(C)(C)C)CC(=O)OC(C)(C)C)CCN(CC(=O)OC(C)(C)C)CC(C)(C)C. The van der Waals surface area contributed by atoms with Crippen LogP contribution in [0.1, 0.15) is 143 Å². The van der Waals surface area contributed by atoms with Gasteiger partial charge in [0.1, 0.15) is 28.4 Å². The van der Waals surface area contributed by atoms with Crippen molar-refractivity contribution >= 4 is 47.4 Å². The topological polar surface area (TPSA) is 219 Å². The second kappa shape index (κ2) is 26.7. The molecular weight excluding hydrogens is 829 g/mol. The Morgan fingerprint density at radius 3 is 1.33 bits per heavy atom. The molecule has 0 aromatic heterocycles. The molecule has 0 rings (SSSR count). The maximum absolute atomic E-state index is 14.1. The molecule has 0 fully saturated rings. The highest BCUT2D eigenvalue weighted by molar-refractivity contribution is 5.92. The van der Waals surface area contributed by atoms with Crippen molar-refractivity contribution < 1.29 is 57.3 Å². The lowest BCUT2D eigenvalue weighted by atomic mass is 9.96. The molecule has 0 saturated carbocycles. The van der Waals surface area contributed by atoms with Crippen molar-refractivity contribution in [2.75, 3.05) is 65.4 Å². The van der Waals surface area contributed by atoms with E-state index in [1.807, 2.05) is 30.6 Å². The summed E-state index contributed by atoms with van der Waals surface area (Å²) < 4.78 is 22.7. The van der Waals surface area contributed by atoms with Crippen LogP contribution in [0.5, 0.6) is 0 Å². The number of nitrogens with zero attached hydrogens (tertiary/aromatic N) is 3. The van der Waals surface area contributed by atoms with E-state index in [2.05, 4.69) is 16.0 Å². The molecule has 2 atom stereocenters. The lowest BCUT2D eigenvalue weighted by Crippen LogP contribution is -2.52. The summed E-state index contributed by atoms with van der Waals surface area (Å²) in [6, 6.07) is -1.70. The van der Waals surface area contributed by atoms with Crippen molar-refractivity contribution in [2.45, 2.75) is 178 Å². The number of rotatable bonds is 26. The third kappa shape index (κ3) is 30.8. The number of carbonyl (C=O) groups excluding carboxylic acids is 8. The summed E-state index contributed by atoms with van der Waals surface area (Å²) in [7, 11) is 0. The molecule has 0 bridgehead atoms. The molecule has 370 valence electrons. The number of amides is 3. The highest BCUT2D eigenvalue weighted by atomic mass is 16.6. The van der Waals surface area contributed by atoms with E-state index >= 15 is 0 Å². The van der Waals surface area contributed by atoms with Crippen LogP contribution in [-0.4, -0.2) is 162 Å². The van der Waals surface area contributed by atoms with Gasteiger partial charge < -0.3 is 34.9 Å². The highest BCUT2D eigenvalue weighted by Crippen LogP contribution is 2.19. The average molecular weight is 913 g/mol. The smallest absolute Gasteiger partial charge is 0.323 e. The first kappa shape index (κ1) is 59.8. The minimum Gasteiger partial charge on any atom is -0.459 e. The van der Waals surface area contributed by atoms with Crippen molar-refractivity contribution in [3.8, 4) is 0 Å². The number of Topliss-reactive ketones (excluding diaryl/α,β-unsaturated/α-hetero) is 1. The van der Waals surface area contributed by atoms with Gasteiger partial charge in [0.05, 0.1) is 38.8 Å². The second-order valence-electron chi connectivity index (χ2n) is 21.3. The van der Waals surface area contributed by atoms with E-state index in [4.69, 9.17) is 18.9 Å². The molecule has 0 radical (unpaired) electrons. The molecule has 0 spiro atoms. The molecule has 0 heterocycles. The summed E-state index contributed by atoms with van der Waals surface area (Å²) in [6.07, 6.45) is 0.392. The lowest BCUT2D eigenvalue weighted by Gasteiger charge is -2.36. The Bertz CT molecular complexity index is 1520. The minimum atomic E-state index is -1.04. The number of ketones is 1. The van der Waals surface area contributed by atoms with Crippen LogP contribution in [0.2, 0.25) is 0 Å². The van der Waals surface area contributed by atoms with E-state index in [1.54, 1.807) is 102 Å². The number of hydrogen-bond acceptors (Lipinski definition) is 15. The second-order valence-corrected chi connectivity index (χ2v) is 21.3. The molecule has 64 heavy (non-hydrogen) atoms. The van der Waals surface area contributed by atoms with Gasteiger partial charge in [-0.1, -0.05) is 34.6 Å². The van der Waals surface area contributed by atoms with Crippen LogP contribution in [0.3, 0.4) is 0 Å². The zero-order valence-corrected chi connectivity index (χ0v) is 42.3. The van der Waals surface area contributed by atoms with Crippen molar-refractivity contribution in [1.82, 2.24) is 30.7 Å². The molecule has 0 saturated heterocycles. The number of esters is 4. The molecule has 18 nitrogen and oxygen atoms in total. The van der Waals surface area contributed by atoms with E-state index in [0.29, 0.717) is 13.0 Å². The number of hydrogen-bond donors (Lipinski definition) is 3. The third-order valence-electron chi connectivity index (χ3n) is 8.56. The van der Waals surface area contributed by atoms with Gasteiger partial charge in [-0.2, -0.15) is 0 Å². The molecule has 0 aromatic rings. The van der Waals surface area contributed by atoms with Crippen LogP contribution < -0.4 is 16.0 Å². The standard InChI is InChI=1S/C46H84N6O12/c1-18-32(34(53)19-2)49-37(56)27-48-36(55)26-47-35(54)21-20-33(41(60)64-46(15,16)17)52(25-23-51(31-42(3,4)5)30-40(59)63-45(12,13)14)24-22-50(28-38(57)61-43(6,7)8)29-39(58)62-44(9,10)11/h32-33H,18-31H2,1-17H3,(H,47,54)(H,48,55)(H,49,56)/t32?,33-/m0/s1. The van der Waals surface area contributed by atoms with Gasteiger partial charge in [0, 0.05) is 45.6 Å². The molecule has 1 unspecified atom stereocenters.